The summed E-state index contributed by atoms with van der Waals surface area (Å²) in [5.41, 5.74) is 2.47. The van der Waals surface area contributed by atoms with E-state index < -0.39 is 0 Å². The monoisotopic (exact) mass is 322 g/mol. The van der Waals surface area contributed by atoms with E-state index in [1.54, 1.807) is 41.6 Å². The quantitative estimate of drug-likeness (QED) is 0.704. The van der Waals surface area contributed by atoms with Crippen LogP contribution in [-0.4, -0.2) is 10.9 Å². The maximum Gasteiger partial charge on any atom is 0.258 e. The van der Waals surface area contributed by atoms with Crippen molar-refractivity contribution in [1.29, 1.82) is 0 Å². The van der Waals surface area contributed by atoms with Gasteiger partial charge in [0.05, 0.1) is 6.54 Å². The number of pyridine rings is 1. The lowest BCUT2D eigenvalue weighted by Crippen LogP contribution is -2.30. The van der Waals surface area contributed by atoms with Gasteiger partial charge in [0.25, 0.3) is 5.91 Å². The number of rotatable bonds is 4. The molecule has 3 nitrogen and oxygen atoms in total. The van der Waals surface area contributed by atoms with Crippen LogP contribution in [0.2, 0.25) is 5.02 Å². The molecule has 0 bridgehead atoms. The molecule has 3 aromatic rings. The summed E-state index contributed by atoms with van der Waals surface area (Å²) in [4.78, 5) is 18.6. The van der Waals surface area contributed by atoms with Gasteiger partial charge in [0.1, 0.15) is 0 Å². The van der Waals surface area contributed by atoms with E-state index in [0.717, 1.165) is 11.3 Å². The number of hydrogen-bond acceptors (Lipinski definition) is 2. The molecule has 0 aliphatic rings. The molecule has 3 rings (SSSR count). The van der Waals surface area contributed by atoms with Gasteiger partial charge in [-0.15, -0.1) is 0 Å². The molecule has 0 aliphatic heterocycles. The molecule has 0 aliphatic carbocycles. The van der Waals surface area contributed by atoms with E-state index in [2.05, 4.69) is 4.98 Å². The Hall–Kier alpha value is -2.65. The van der Waals surface area contributed by atoms with Crippen molar-refractivity contribution in [2.45, 2.75) is 6.54 Å². The van der Waals surface area contributed by atoms with Crippen molar-refractivity contribution in [2.24, 2.45) is 0 Å². The molecule has 4 heteroatoms. The molecule has 0 fully saturated rings. The Morgan fingerprint density at radius 1 is 0.913 bits per heavy atom. The van der Waals surface area contributed by atoms with Crippen LogP contribution in [0, 0.1) is 0 Å². The van der Waals surface area contributed by atoms with Gasteiger partial charge in [0.15, 0.2) is 0 Å². The summed E-state index contributed by atoms with van der Waals surface area (Å²) in [7, 11) is 0. The standard InChI is InChI=1S/C19H15ClN2O/c20-17-6-8-18(9-7-17)22(14-15-4-2-1-3-5-15)19(23)16-10-12-21-13-11-16/h1-13H,14H2. The molecule has 0 unspecified atom stereocenters. The summed E-state index contributed by atoms with van der Waals surface area (Å²) in [6.07, 6.45) is 3.24. The van der Waals surface area contributed by atoms with Crippen LogP contribution in [0.5, 0.6) is 0 Å². The first kappa shape index (κ1) is 15.3. The normalized spacial score (nSPS) is 10.3. The largest absolute Gasteiger partial charge is 0.304 e. The molecule has 2 aromatic carbocycles. The number of anilines is 1. The smallest absolute Gasteiger partial charge is 0.258 e. The van der Waals surface area contributed by atoms with Gasteiger partial charge in [-0.25, -0.2) is 0 Å². The predicted molar refractivity (Wildman–Crippen MR) is 92.6 cm³/mol. The summed E-state index contributed by atoms with van der Waals surface area (Å²) in [6, 6.07) is 20.6. The van der Waals surface area contributed by atoms with Crippen molar-refractivity contribution in [2.75, 3.05) is 4.90 Å². The zero-order valence-corrected chi connectivity index (χ0v) is 13.1. The fraction of sp³-hybridized carbons (Fsp3) is 0.0526. The fourth-order valence-electron chi connectivity index (χ4n) is 2.32. The number of benzene rings is 2. The van der Waals surface area contributed by atoms with Crippen LogP contribution in [0.15, 0.2) is 79.1 Å². The molecule has 0 spiro atoms. The second-order valence-corrected chi connectivity index (χ2v) is 5.53. The second-order valence-electron chi connectivity index (χ2n) is 5.09. The Morgan fingerprint density at radius 2 is 1.57 bits per heavy atom. The van der Waals surface area contributed by atoms with Gasteiger partial charge in [-0.3, -0.25) is 9.78 Å². The summed E-state index contributed by atoms with van der Waals surface area (Å²) in [5, 5.41) is 0.643. The molecular weight excluding hydrogens is 308 g/mol. The van der Waals surface area contributed by atoms with Crippen LogP contribution in [0.3, 0.4) is 0 Å². The highest BCUT2D eigenvalue weighted by molar-refractivity contribution is 6.30. The number of carbonyl (C=O) groups is 1. The zero-order valence-electron chi connectivity index (χ0n) is 12.4. The molecule has 0 atom stereocenters. The van der Waals surface area contributed by atoms with Crippen molar-refractivity contribution in [3.63, 3.8) is 0 Å². The average molecular weight is 323 g/mol. The van der Waals surface area contributed by atoms with Gasteiger partial charge < -0.3 is 4.90 Å². The third-order valence-corrected chi connectivity index (χ3v) is 3.75. The Bertz CT molecular complexity index is 773. The van der Waals surface area contributed by atoms with Crippen LogP contribution in [0.1, 0.15) is 15.9 Å². The van der Waals surface area contributed by atoms with E-state index in [9.17, 15) is 4.79 Å². The summed E-state index contributed by atoms with van der Waals surface area (Å²) >= 11 is 5.96. The summed E-state index contributed by atoms with van der Waals surface area (Å²) < 4.78 is 0. The van der Waals surface area contributed by atoms with Crippen molar-refractivity contribution in [1.82, 2.24) is 4.98 Å². The van der Waals surface area contributed by atoms with E-state index in [1.807, 2.05) is 42.5 Å². The molecule has 1 heterocycles. The molecule has 114 valence electrons. The Kier molecular flexibility index (Phi) is 4.69. The first-order valence-corrected chi connectivity index (χ1v) is 7.63. The van der Waals surface area contributed by atoms with Crippen LogP contribution < -0.4 is 4.90 Å². The van der Waals surface area contributed by atoms with Gasteiger partial charge in [0.2, 0.25) is 0 Å². The first-order valence-electron chi connectivity index (χ1n) is 7.25. The van der Waals surface area contributed by atoms with Gasteiger partial charge in [-0.05, 0) is 42.0 Å². The molecular formula is C19H15ClN2O. The lowest BCUT2D eigenvalue weighted by atomic mass is 10.1. The van der Waals surface area contributed by atoms with E-state index >= 15 is 0 Å². The minimum absolute atomic E-state index is 0.0708. The molecule has 0 N–H and O–H groups in total. The first-order chi connectivity index (χ1) is 11.2. The number of hydrogen-bond donors (Lipinski definition) is 0. The maximum absolute atomic E-state index is 12.9. The Labute approximate surface area is 140 Å². The minimum atomic E-state index is -0.0708. The highest BCUT2D eigenvalue weighted by Crippen LogP contribution is 2.22. The van der Waals surface area contributed by atoms with E-state index in [1.165, 1.54) is 0 Å². The van der Waals surface area contributed by atoms with E-state index in [4.69, 9.17) is 11.6 Å². The topological polar surface area (TPSA) is 33.2 Å². The van der Waals surface area contributed by atoms with Crippen LogP contribution in [0.4, 0.5) is 5.69 Å². The average Bonchev–Trinajstić information content (AvgIpc) is 2.62. The van der Waals surface area contributed by atoms with Gasteiger partial charge in [0, 0.05) is 28.7 Å². The Balaban J connectivity index is 1.96. The van der Waals surface area contributed by atoms with E-state index in [-0.39, 0.29) is 5.91 Å². The second kappa shape index (κ2) is 7.07. The minimum Gasteiger partial charge on any atom is -0.304 e. The maximum atomic E-state index is 12.9. The number of amides is 1. The van der Waals surface area contributed by atoms with Crippen molar-refractivity contribution < 1.29 is 4.79 Å². The predicted octanol–water partition coefficient (Wildman–Crippen LogP) is 4.58. The van der Waals surface area contributed by atoms with Crippen molar-refractivity contribution in [3.8, 4) is 0 Å². The number of carbonyl (C=O) groups excluding carboxylic acids is 1. The highest BCUT2D eigenvalue weighted by Gasteiger charge is 2.18. The van der Waals surface area contributed by atoms with Gasteiger partial charge >= 0.3 is 0 Å². The third kappa shape index (κ3) is 3.76. The van der Waals surface area contributed by atoms with Crippen LogP contribution >= 0.6 is 11.6 Å². The van der Waals surface area contributed by atoms with Crippen LogP contribution in [0.25, 0.3) is 0 Å². The lowest BCUT2D eigenvalue weighted by Gasteiger charge is -2.23. The molecule has 23 heavy (non-hydrogen) atoms. The lowest BCUT2D eigenvalue weighted by molar-refractivity contribution is 0.0985. The van der Waals surface area contributed by atoms with Crippen LogP contribution in [-0.2, 0) is 6.54 Å². The molecule has 0 saturated heterocycles. The van der Waals surface area contributed by atoms with E-state index in [0.29, 0.717) is 17.1 Å². The summed E-state index contributed by atoms with van der Waals surface area (Å²) in [5.74, 6) is -0.0708. The number of halogens is 1. The van der Waals surface area contributed by atoms with Crippen molar-refractivity contribution in [3.05, 3.63) is 95.3 Å². The SMILES string of the molecule is O=C(c1ccncc1)N(Cc1ccccc1)c1ccc(Cl)cc1. The number of nitrogens with zero attached hydrogens (tertiary/aromatic N) is 2. The fourth-order valence-corrected chi connectivity index (χ4v) is 2.44. The molecule has 1 amide bonds. The van der Waals surface area contributed by atoms with Gasteiger partial charge in [-0.2, -0.15) is 0 Å². The van der Waals surface area contributed by atoms with Gasteiger partial charge in [-0.1, -0.05) is 41.9 Å². The summed E-state index contributed by atoms with van der Waals surface area (Å²) in [6.45, 7) is 0.490. The molecule has 0 radical (unpaired) electrons. The van der Waals surface area contributed by atoms with Crippen molar-refractivity contribution >= 4 is 23.2 Å². The molecule has 0 saturated carbocycles. The zero-order chi connectivity index (χ0) is 16.1. The molecule has 1 aromatic heterocycles. The Morgan fingerprint density at radius 3 is 2.22 bits per heavy atom. The number of aromatic nitrogens is 1. The highest BCUT2D eigenvalue weighted by atomic mass is 35.5. The third-order valence-electron chi connectivity index (χ3n) is 3.49.